The molecule has 0 amide bonds. The Morgan fingerprint density at radius 2 is 1.86 bits per heavy atom. The molecule has 0 aliphatic heterocycles. The van der Waals surface area contributed by atoms with Gasteiger partial charge in [-0.15, -0.1) is 0 Å². The van der Waals surface area contributed by atoms with E-state index < -0.39 is 5.97 Å². The molecule has 0 aliphatic rings. The molecular formula is C16H10O5. The Hall–Kier alpha value is -3.08. The third-order valence-electron chi connectivity index (χ3n) is 3.10. The summed E-state index contributed by atoms with van der Waals surface area (Å²) in [7, 11) is 0. The van der Waals surface area contributed by atoms with Gasteiger partial charge in [0, 0.05) is 11.6 Å². The van der Waals surface area contributed by atoms with E-state index >= 15 is 0 Å². The van der Waals surface area contributed by atoms with E-state index in [-0.39, 0.29) is 22.1 Å². The predicted octanol–water partition coefficient (Wildman–Crippen LogP) is 2.86. The number of rotatable bonds is 2. The molecule has 3 aromatic rings. The number of fused-ring (bicyclic) bond motifs is 1. The summed E-state index contributed by atoms with van der Waals surface area (Å²) in [6.45, 7) is 0. The van der Waals surface area contributed by atoms with Crippen molar-refractivity contribution in [2.24, 2.45) is 0 Å². The van der Waals surface area contributed by atoms with Crippen molar-refractivity contribution in [1.82, 2.24) is 0 Å². The number of aromatic hydroxyl groups is 1. The molecular weight excluding hydrogens is 272 g/mol. The minimum Gasteiger partial charge on any atom is -0.508 e. The van der Waals surface area contributed by atoms with Crippen molar-refractivity contribution in [3.63, 3.8) is 0 Å². The lowest BCUT2D eigenvalue weighted by atomic mass is 10.1. The average Bonchev–Trinajstić information content (AvgIpc) is 2.46. The van der Waals surface area contributed by atoms with Crippen LogP contribution in [-0.2, 0) is 0 Å². The zero-order chi connectivity index (χ0) is 15.0. The molecule has 1 aromatic heterocycles. The minimum atomic E-state index is -1.10. The van der Waals surface area contributed by atoms with Gasteiger partial charge in [-0.2, -0.15) is 0 Å². The van der Waals surface area contributed by atoms with Gasteiger partial charge < -0.3 is 14.6 Å². The molecule has 5 heteroatoms. The molecule has 0 fully saturated rings. The number of phenolic OH excluding ortho intramolecular Hbond substituents is 1. The van der Waals surface area contributed by atoms with E-state index in [0.717, 1.165) is 0 Å². The zero-order valence-corrected chi connectivity index (χ0v) is 10.7. The number of carboxylic acid groups (broad SMARTS) is 1. The van der Waals surface area contributed by atoms with E-state index in [4.69, 9.17) is 9.52 Å². The molecule has 0 atom stereocenters. The zero-order valence-electron chi connectivity index (χ0n) is 10.7. The first-order valence-electron chi connectivity index (χ1n) is 6.15. The van der Waals surface area contributed by atoms with Gasteiger partial charge in [-0.3, -0.25) is 4.79 Å². The topological polar surface area (TPSA) is 87.7 Å². The summed E-state index contributed by atoms with van der Waals surface area (Å²) in [6.07, 6.45) is 0. The van der Waals surface area contributed by atoms with Gasteiger partial charge in [0.05, 0.1) is 10.9 Å². The second-order valence-electron chi connectivity index (χ2n) is 4.54. The van der Waals surface area contributed by atoms with E-state index in [2.05, 4.69) is 0 Å². The number of carbonyl (C=O) groups is 1. The van der Waals surface area contributed by atoms with E-state index in [1.165, 1.54) is 36.4 Å². The van der Waals surface area contributed by atoms with Crippen molar-refractivity contribution in [1.29, 1.82) is 0 Å². The van der Waals surface area contributed by atoms with Crippen molar-refractivity contribution in [2.75, 3.05) is 0 Å². The Kier molecular flexibility index (Phi) is 2.95. The monoisotopic (exact) mass is 282 g/mol. The van der Waals surface area contributed by atoms with Gasteiger partial charge in [0.15, 0.2) is 5.43 Å². The highest BCUT2D eigenvalue weighted by atomic mass is 16.4. The largest absolute Gasteiger partial charge is 0.508 e. The molecule has 21 heavy (non-hydrogen) atoms. The third kappa shape index (κ3) is 2.36. The normalized spacial score (nSPS) is 10.7. The van der Waals surface area contributed by atoms with Crippen LogP contribution in [0.4, 0.5) is 0 Å². The molecule has 104 valence electrons. The Morgan fingerprint density at radius 1 is 1.05 bits per heavy atom. The molecule has 0 aliphatic carbocycles. The van der Waals surface area contributed by atoms with Crippen LogP contribution >= 0.6 is 0 Å². The molecule has 3 rings (SSSR count). The SMILES string of the molecule is O=C(O)c1ccc2oc(-c3cccc(O)c3)cc(=O)c2c1. The van der Waals surface area contributed by atoms with Crippen molar-refractivity contribution < 1.29 is 19.4 Å². The second-order valence-corrected chi connectivity index (χ2v) is 4.54. The predicted molar refractivity (Wildman–Crippen MR) is 76.5 cm³/mol. The van der Waals surface area contributed by atoms with Crippen LogP contribution in [0.15, 0.2) is 57.7 Å². The maximum absolute atomic E-state index is 12.1. The number of phenols is 1. The number of aromatic carboxylic acids is 1. The summed E-state index contributed by atoms with van der Waals surface area (Å²) >= 11 is 0. The molecule has 0 spiro atoms. The highest BCUT2D eigenvalue weighted by Crippen LogP contribution is 2.25. The van der Waals surface area contributed by atoms with Crippen molar-refractivity contribution in [2.45, 2.75) is 0 Å². The number of hydrogen-bond acceptors (Lipinski definition) is 4. The van der Waals surface area contributed by atoms with Gasteiger partial charge in [0.1, 0.15) is 17.1 Å². The Bertz CT molecular complexity index is 908. The summed E-state index contributed by atoms with van der Waals surface area (Å²) < 4.78 is 5.61. The Morgan fingerprint density at radius 3 is 2.57 bits per heavy atom. The summed E-state index contributed by atoms with van der Waals surface area (Å²) in [5, 5.41) is 18.6. The van der Waals surface area contributed by atoms with E-state index in [0.29, 0.717) is 16.9 Å². The van der Waals surface area contributed by atoms with E-state index in [1.54, 1.807) is 12.1 Å². The Balaban J connectivity index is 2.23. The first kappa shape index (κ1) is 12.9. The van der Waals surface area contributed by atoms with Crippen LogP contribution in [-0.4, -0.2) is 16.2 Å². The highest BCUT2D eigenvalue weighted by Gasteiger charge is 2.10. The molecule has 2 N–H and O–H groups in total. The highest BCUT2D eigenvalue weighted by molar-refractivity contribution is 5.93. The van der Waals surface area contributed by atoms with E-state index in [1.807, 2.05) is 0 Å². The van der Waals surface area contributed by atoms with Crippen molar-refractivity contribution >= 4 is 16.9 Å². The quantitative estimate of drug-likeness (QED) is 0.754. The van der Waals surface area contributed by atoms with Gasteiger partial charge in [-0.05, 0) is 30.3 Å². The van der Waals surface area contributed by atoms with E-state index in [9.17, 15) is 14.7 Å². The average molecular weight is 282 g/mol. The summed E-state index contributed by atoms with van der Waals surface area (Å²) in [5.74, 6) is -0.726. The summed E-state index contributed by atoms with van der Waals surface area (Å²) in [6, 6.07) is 11.7. The third-order valence-corrected chi connectivity index (χ3v) is 3.10. The number of benzene rings is 2. The fraction of sp³-hybridized carbons (Fsp3) is 0. The molecule has 0 radical (unpaired) electrons. The fourth-order valence-corrected chi connectivity index (χ4v) is 2.09. The first-order valence-corrected chi connectivity index (χ1v) is 6.15. The van der Waals surface area contributed by atoms with Crippen LogP contribution in [0.5, 0.6) is 5.75 Å². The lowest BCUT2D eigenvalue weighted by Crippen LogP contribution is -2.03. The van der Waals surface area contributed by atoms with Gasteiger partial charge in [0.25, 0.3) is 0 Å². The molecule has 1 heterocycles. The van der Waals surface area contributed by atoms with Crippen molar-refractivity contribution in [3.05, 3.63) is 64.3 Å². The maximum atomic E-state index is 12.1. The molecule has 2 aromatic carbocycles. The lowest BCUT2D eigenvalue weighted by molar-refractivity contribution is 0.0697. The molecule has 0 unspecified atom stereocenters. The summed E-state index contributed by atoms with van der Waals surface area (Å²) in [4.78, 5) is 23.0. The van der Waals surface area contributed by atoms with Gasteiger partial charge in [-0.1, -0.05) is 12.1 Å². The van der Waals surface area contributed by atoms with Gasteiger partial charge in [-0.25, -0.2) is 4.79 Å². The Labute approximate surface area is 118 Å². The van der Waals surface area contributed by atoms with Crippen molar-refractivity contribution in [3.8, 4) is 17.1 Å². The van der Waals surface area contributed by atoms with Crippen LogP contribution in [0.1, 0.15) is 10.4 Å². The van der Waals surface area contributed by atoms with Crippen LogP contribution in [0.2, 0.25) is 0 Å². The smallest absolute Gasteiger partial charge is 0.335 e. The molecule has 5 nitrogen and oxygen atoms in total. The van der Waals surface area contributed by atoms with Crippen LogP contribution in [0.3, 0.4) is 0 Å². The fourth-order valence-electron chi connectivity index (χ4n) is 2.09. The minimum absolute atomic E-state index is 0.0277. The molecule has 0 saturated carbocycles. The van der Waals surface area contributed by atoms with Gasteiger partial charge in [0.2, 0.25) is 0 Å². The molecule has 0 bridgehead atoms. The van der Waals surface area contributed by atoms with Crippen LogP contribution in [0.25, 0.3) is 22.3 Å². The lowest BCUT2D eigenvalue weighted by Gasteiger charge is -2.04. The van der Waals surface area contributed by atoms with Gasteiger partial charge >= 0.3 is 5.97 Å². The maximum Gasteiger partial charge on any atom is 0.335 e. The van der Waals surface area contributed by atoms with Crippen LogP contribution in [0, 0.1) is 0 Å². The van der Waals surface area contributed by atoms with Crippen LogP contribution < -0.4 is 5.43 Å². The summed E-state index contributed by atoms with van der Waals surface area (Å²) in [5.41, 5.74) is 0.555. The first-order chi connectivity index (χ1) is 10.0. The number of carboxylic acids is 1. The standard InChI is InChI=1S/C16H10O5/c17-11-3-1-2-9(6-11)15-8-13(18)12-7-10(16(19)20)4-5-14(12)21-15/h1-8,17H,(H,19,20). The molecule has 0 saturated heterocycles. The number of hydrogen-bond donors (Lipinski definition) is 2. The second kappa shape index (κ2) is 4.79.